The number of aromatic nitrogens is 3. The van der Waals surface area contributed by atoms with Gasteiger partial charge in [0.2, 0.25) is 0 Å². The van der Waals surface area contributed by atoms with E-state index in [0.29, 0.717) is 18.7 Å². The molecule has 22 heavy (non-hydrogen) atoms. The van der Waals surface area contributed by atoms with Crippen LogP contribution in [0.1, 0.15) is 27.8 Å². The van der Waals surface area contributed by atoms with E-state index in [4.69, 9.17) is 0 Å². The van der Waals surface area contributed by atoms with Gasteiger partial charge in [-0.1, -0.05) is 0 Å². The number of aromatic amines is 2. The van der Waals surface area contributed by atoms with Crippen LogP contribution in [0.4, 0.5) is 0 Å². The van der Waals surface area contributed by atoms with Crippen molar-refractivity contribution in [3.05, 3.63) is 52.0 Å². The lowest BCUT2D eigenvalue weighted by Crippen LogP contribution is -2.50. The normalized spacial score (nSPS) is 19.4. The Labute approximate surface area is 128 Å². The maximum absolute atomic E-state index is 12.7. The van der Waals surface area contributed by atoms with Crippen LogP contribution in [0.25, 0.3) is 0 Å². The highest BCUT2D eigenvalue weighted by Gasteiger charge is 2.31. The minimum Gasteiger partial charge on any atom is -0.347 e. The molecular formula is C15H19N5O2. The summed E-state index contributed by atoms with van der Waals surface area (Å²) in [7, 11) is 2.01. The highest BCUT2D eigenvalue weighted by molar-refractivity contribution is 5.95. The number of likely N-dealkylation sites (N-methyl/N-ethyl adjacent to an activating group) is 1. The number of hydrogen-bond donors (Lipinski definition) is 2. The molecule has 3 heterocycles. The zero-order chi connectivity index (χ0) is 15.7. The van der Waals surface area contributed by atoms with Gasteiger partial charge in [0, 0.05) is 38.2 Å². The third-order valence-corrected chi connectivity index (χ3v) is 4.15. The molecule has 0 saturated carbocycles. The standard InChI is InChI=1S/C15H19N5O2/c1-10-3-4-18-14(21)12(10)15(22)20-8-7-19(2)11(9-20)13-16-5-6-17-13/h3-6,11H,7-9H2,1-2H3,(H,16,17)(H,18,21)/t11-/m0/s1. The van der Waals surface area contributed by atoms with E-state index >= 15 is 0 Å². The Hall–Kier alpha value is -2.41. The van der Waals surface area contributed by atoms with Gasteiger partial charge in [-0.3, -0.25) is 14.5 Å². The fourth-order valence-corrected chi connectivity index (χ4v) is 2.81. The first kappa shape index (κ1) is 14.5. The Morgan fingerprint density at radius 3 is 2.82 bits per heavy atom. The van der Waals surface area contributed by atoms with Gasteiger partial charge >= 0.3 is 0 Å². The first-order valence-corrected chi connectivity index (χ1v) is 7.25. The van der Waals surface area contributed by atoms with E-state index in [0.717, 1.165) is 12.4 Å². The van der Waals surface area contributed by atoms with E-state index in [-0.39, 0.29) is 23.1 Å². The van der Waals surface area contributed by atoms with Crippen LogP contribution >= 0.6 is 0 Å². The van der Waals surface area contributed by atoms with Crippen molar-refractivity contribution in [2.24, 2.45) is 0 Å². The molecule has 0 aliphatic carbocycles. The molecular weight excluding hydrogens is 282 g/mol. The van der Waals surface area contributed by atoms with E-state index in [1.165, 1.54) is 0 Å². The molecule has 7 nitrogen and oxygen atoms in total. The van der Waals surface area contributed by atoms with Crippen LogP contribution in [0.2, 0.25) is 0 Å². The Balaban J connectivity index is 1.86. The van der Waals surface area contributed by atoms with Crippen LogP contribution < -0.4 is 5.56 Å². The average molecular weight is 301 g/mol. The molecule has 0 spiro atoms. The van der Waals surface area contributed by atoms with E-state index in [9.17, 15) is 9.59 Å². The minimum absolute atomic E-state index is 0.01000. The number of piperazine rings is 1. The van der Waals surface area contributed by atoms with Gasteiger partial charge in [-0.25, -0.2) is 4.98 Å². The smallest absolute Gasteiger partial charge is 0.261 e. The fourth-order valence-electron chi connectivity index (χ4n) is 2.81. The lowest BCUT2D eigenvalue weighted by molar-refractivity contribution is 0.0532. The van der Waals surface area contributed by atoms with Crippen molar-refractivity contribution < 1.29 is 4.79 Å². The highest BCUT2D eigenvalue weighted by Crippen LogP contribution is 2.22. The minimum atomic E-state index is -0.335. The molecule has 2 aromatic rings. The lowest BCUT2D eigenvalue weighted by atomic mass is 10.1. The Morgan fingerprint density at radius 2 is 2.14 bits per heavy atom. The molecule has 2 aromatic heterocycles. The molecule has 0 unspecified atom stereocenters. The molecule has 0 radical (unpaired) electrons. The van der Waals surface area contributed by atoms with Crippen LogP contribution in [0.3, 0.4) is 0 Å². The van der Waals surface area contributed by atoms with Crippen molar-refractivity contribution >= 4 is 5.91 Å². The summed E-state index contributed by atoms with van der Waals surface area (Å²) in [4.78, 5) is 38.5. The zero-order valence-corrected chi connectivity index (χ0v) is 12.7. The summed E-state index contributed by atoms with van der Waals surface area (Å²) in [6, 6.07) is 1.75. The summed E-state index contributed by atoms with van der Waals surface area (Å²) in [5.74, 6) is 0.614. The van der Waals surface area contributed by atoms with Crippen molar-refractivity contribution in [3.8, 4) is 0 Å². The first-order chi connectivity index (χ1) is 10.6. The van der Waals surface area contributed by atoms with E-state index < -0.39 is 0 Å². The maximum atomic E-state index is 12.7. The van der Waals surface area contributed by atoms with Crippen molar-refractivity contribution in [2.45, 2.75) is 13.0 Å². The van der Waals surface area contributed by atoms with Crippen LogP contribution in [0, 0.1) is 6.92 Å². The number of carbonyl (C=O) groups is 1. The fraction of sp³-hybridized carbons (Fsp3) is 0.400. The van der Waals surface area contributed by atoms with Gasteiger partial charge in [-0.2, -0.15) is 0 Å². The number of pyridine rings is 1. The van der Waals surface area contributed by atoms with Crippen LogP contribution in [-0.2, 0) is 0 Å². The summed E-state index contributed by atoms with van der Waals surface area (Å²) in [6.45, 7) is 3.63. The largest absolute Gasteiger partial charge is 0.347 e. The second-order valence-corrected chi connectivity index (χ2v) is 5.59. The van der Waals surface area contributed by atoms with Crippen LogP contribution in [0.5, 0.6) is 0 Å². The second-order valence-electron chi connectivity index (χ2n) is 5.59. The number of nitrogens with zero attached hydrogens (tertiary/aromatic N) is 3. The van der Waals surface area contributed by atoms with Gasteiger partial charge in [0.05, 0.1) is 6.04 Å². The number of amides is 1. The monoisotopic (exact) mass is 301 g/mol. The highest BCUT2D eigenvalue weighted by atomic mass is 16.2. The van der Waals surface area contributed by atoms with Gasteiger partial charge in [0.15, 0.2) is 0 Å². The van der Waals surface area contributed by atoms with Crippen LogP contribution in [-0.4, -0.2) is 57.3 Å². The lowest BCUT2D eigenvalue weighted by Gasteiger charge is -2.38. The molecule has 1 atom stereocenters. The van der Waals surface area contributed by atoms with Crippen molar-refractivity contribution in [1.29, 1.82) is 0 Å². The number of aryl methyl sites for hydroxylation is 1. The van der Waals surface area contributed by atoms with Gasteiger partial charge in [-0.05, 0) is 25.6 Å². The first-order valence-electron chi connectivity index (χ1n) is 7.25. The average Bonchev–Trinajstić information content (AvgIpc) is 3.01. The number of rotatable bonds is 2. The summed E-state index contributed by atoms with van der Waals surface area (Å²) in [6.07, 6.45) is 5.04. The molecule has 7 heteroatoms. The second kappa shape index (κ2) is 5.76. The topological polar surface area (TPSA) is 85.1 Å². The molecule has 1 fully saturated rings. The zero-order valence-electron chi connectivity index (χ0n) is 12.7. The summed E-state index contributed by atoms with van der Waals surface area (Å²) < 4.78 is 0. The van der Waals surface area contributed by atoms with E-state index in [1.54, 1.807) is 36.5 Å². The molecule has 2 N–H and O–H groups in total. The summed E-state index contributed by atoms with van der Waals surface area (Å²) >= 11 is 0. The summed E-state index contributed by atoms with van der Waals surface area (Å²) in [5.41, 5.74) is 0.589. The van der Waals surface area contributed by atoms with Gasteiger partial charge in [-0.15, -0.1) is 0 Å². The molecule has 116 valence electrons. The molecule has 0 bridgehead atoms. The molecule has 1 amide bonds. The Morgan fingerprint density at radius 1 is 1.32 bits per heavy atom. The van der Waals surface area contributed by atoms with Gasteiger partial charge < -0.3 is 14.9 Å². The number of carbonyl (C=O) groups excluding carboxylic acids is 1. The third kappa shape index (κ3) is 2.55. The third-order valence-electron chi connectivity index (χ3n) is 4.15. The van der Waals surface area contributed by atoms with Gasteiger partial charge in [0.25, 0.3) is 11.5 Å². The molecule has 3 rings (SSSR count). The number of hydrogen-bond acceptors (Lipinski definition) is 4. The van der Waals surface area contributed by atoms with Crippen molar-refractivity contribution in [3.63, 3.8) is 0 Å². The van der Waals surface area contributed by atoms with E-state index in [2.05, 4.69) is 19.9 Å². The molecule has 1 aliphatic heterocycles. The van der Waals surface area contributed by atoms with Crippen LogP contribution in [0.15, 0.2) is 29.5 Å². The molecule has 1 saturated heterocycles. The number of imidazole rings is 1. The maximum Gasteiger partial charge on any atom is 0.261 e. The predicted octanol–water partition coefficient (Wildman–Crippen LogP) is 0.535. The predicted molar refractivity (Wildman–Crippen MR) is 81.7 cm³/mol. The molecule has 0 aromatic carbocycles. The quantitative estimate of drug-likeness (QED) is 0.847. The number of nitrogens with one attached hydrogen (secondary N) is 2. The van der Waals surface area contributed by atoms with E-state index in [1.807, 2.05) is 7.05 Å². The Bertz CT molecular complexity index is 722. The summed E-state index contributed by atoms with van der Waals surface area (Å²) in [5, 5.41) is 0. The molecule has 1 aliphatic rings. The van der Waals surface area contributed by atoms with Gasteiger partial charge in [0.1, 0.15) is 11.4 Å². The van der Waals surface area contributed by atoms with Crippen molar-refractivity contribution in [1.82, 2.24) is 24.8 Å². The van der Waals surface area contributed by atoms with Crippen molar-refractivity contribution in [2.75, 3.05) is 26.7 Å². The SMILES string of the molecule is Cc1cc[nH]c(=O)c1C(=O)N1CCN(C)[C@H](c2ncc[nH]2)C1. The Kier molecular flexibility index (Phi) is 3.81. The number of H-pyrrole nitrogens is 2.